The molecule has 0 radical (unpaired) electrons. The van der Waals surface area contributed by atoms with E-state index < -0.39 is 5.97 Å². The van der Waals surface area contributed by atoms with Gasteiger partial charge in [0.25, 0.3) is 0 Å². The highest BCUT2D eigenvalue weighted by atomic mass is 32.1. The average molecular weight is 689 g/mol. The Balaban J connectivity index is 1.43. The zero-order valence-electron chi connectivity index (χ0n) is 27.6. The van der Waals surface area contributed by atoms with Crippen LogP contribution in [0.25, 0.3) is 79.8 Å². The minimum Gasteiger partial charge on any atom is -0.477 e. The first-order valence-corrected chi connectivity index (χ1v) is 17.6. The van der Waals surface area contributed by atoms with Gasteiger partial charge in [-0.25, -0.2) is 14.8 Å². The minimum atomic E-state index is -0.968. The van der Waals surface area contributed by atoms with Crippen LogP contribution in [0.4, 0.5) is 0 Å². The number of carboxylic acids is 1. The van der Waals surface area contributed by atoms with Crippen LogP contribution in [-0.2, 0) is 0 Å². The van der Waals surface area contributed by atoms with E-state index in [1.54, 1.807) is 12.1 Å². The Bertz CT molecular complexity index is 2780. The number of aromatic nitrogens is 4. The highest BCUT2D eigenvalue weighted by Crippen LogP contribution is 2.36. The summed E-state index contributed by atoms with van der Waals surface area (Å²) in [5, 5.41) is 9.51. The molecule has 2 aliphatic rings. The molecule has 0 amide bonds. The third-order valence-corrected chi connectivity index (χ3v) is 10.1. The molecule has 52 heavy (non-hydrogen) atoms. The maximum atomic E-state index is 11.6. The van der Waals surface area contributed by atoms with E-state index in [-0.39, 0.29) is 4.88 Å². The first kappa shape index (κ1) is 31.0. The molecule has 0 fully saturated rings. The zero-order valence-corrected chi connectivity index (χ0v) is 28.4. The summed E-state index contributed by atoms with van der Waals surface area (Å²) in [6, 6.07) is 42.5. The van der Waals surface area contributed by atoms with Crippen molar-refractivity contribution in [2.24, 2.45) is 0 Å². The van der Waals surface area contributed by atoms with Crippen LogP contribution in [-0.4, -0.2) is 31.0 Å². The molecule has 3 aromatic carbocycles. The number of nitrogens with one attached hydrogen (secondary N) is 2. The van der Waals surface area contributed by atoms with Crippen LogP contribution < -0.4 is 0 Å². The van der Waals surface area contributed by atoms with Crippen LogP contribution in [0.15, 0.2) is 127 Å². The minimum absolute atomic E-state index is 0.243. The van der Waals surface area contributed by atoms with E-state index in [9.17, 15) is 9.90 Å². The van der Waals surface area contributed by atoms with E-state index in [1.807, 2.05) is 60.7 Å². The third-order valence-electron chi connectivity index (χ3n) is 9.07. The Morgan fingerprint density at radius 3 is 1.38 bits per heavy atom. The summed E-state index contributed by atoms with van der Waals surface area (Å²) < 4.78 is 0. The van der Waals surface area contributed by atoms with Gasteiger partial charge in [0, 0.05) is 33.2 Å². The molecule has 2 aliphatic heterocycles. The molecule has 4 aromatic heterocycles. The van der Waals surface area contributed by atoms with E-state index in [2.05, 4.69) is 101 Å². The molecule has 0 saturated heterocycles. The number of carbonyl (C=O) groups is 1. The first-order chi connectivity index (χ1) is 25.6. The number of aromatic carboxylic acids is 1. The number of nitrogens with zero attached hydrogens (tertiary/aromatic N) is 2. The fourth-order valence-corrected chi connectivity index (χ4v) is 7.41. The van der Waals surface area contributed by atoms with Crippen molar-refractivity contribution < 1.29 is 9.90 Å². The molecule has 7 heteroatoms. The van der Waals surface area contributed by atoms with Gasteiger partial charge in [0.1, 0.15) is 4.88 Å². The Hall–Kier alpha value is -7.01. The van der Waals surface area contributed by atoms with E-state index in [0.29, 0.717) is 16.1 Å². The van der Waals surface area contributed by atoms with E-state index >= 15 is 0 Å². The average Bonchev–Trinajstić information content (AvgIpc) is 4.03. The summed E-state index contributed by atoms with van der Waals surface area (Å²) in [4.78, 5) is 30.5. The molecule has 246 valence electrons. The molecule has 6 nitrogen and oxygen atoms in total. The summed E-state index contributed by atoms with van der Waals surface area (Å²) in [6.07, 6.45) is 8.20. The Morgan fingerprint density at radius 1 is 0.500 bits per heavy atom. The Morgan fingerprint density at radius 2 is 0.923 bits per heavy atom. The lowest BCUT2D eigenvalue weighted by molar-refractivity contribution is 0.0702. The van der Waals surface area contributed by atoms with Gasteiger partial charge in [-0.2, -0.15) is 0 Å². The molecule has 0 unspecified atom stereocenters. The fraction of sp³-hybridized carbons (Fsp3) is 0. The monoisotopic (exact) mass is 688 g/mol. The van der Waals surface area contributed by atoms with Crippen LogP contribution in [0.3, 0.4) is 0 Å². The maximum Gasteiger partial charge on any atom is 0.345 e. The van der Waals surface area contributed by atoms with Gasteiger partial charge in [0.15, 0.2) is 0 Å². The number of H-pyrrole nitrogens is 2. The van der Waals surface area contributed by atoms with Gasteiger partial charge in [-0.15, -0.1) is 11.3 Å². The second-order valence-corrected chi connectivity index (χ2v) is 13.4. The Labute approximate surface area is 303 Å². The standard InChI is InChI=1S/C45H28N4O2S/c50-45(51)41-27-17-31(52-41)16-18-32-33-19-21-35(46-33)42(28-10-4-1-5-11-28)37-23-25-39(48-37)44(30-14-8-3-9-15-30)40-26-24-38(49-40)43(29-12-6-2-7-13-29)36-22-20-34(32)47-36/h1-15,17,19-27,46,49H,(H,50,51). The van der Waals surface area contributed by atoms with Crippen molar-refractivity contribution in [2.45, 2.75) is 0 Å². The summed E-state index contributed by atoms with van der Waals surface area (Å²) >= 11 is 1.15. The van der Waals surface area contributed by atoms with Gasteiger partial charge in [-0.1, -0.05) is 103 Å². The van der Waals surface area contributed by atoms with Crippen LogP contribution in [0.2, 0.25) is 0 Å². The number of rotatable bonds is 4. The molecule has 0 saturated carbocycles. The van der Waals surface area contributed by atoms with Gasteiger partial charge >= 0.3 is 5.97 Å². The smallest absolute Gasteiger partial charge is 0.345 e. The van der Waals surface area contributed by atoms with Crippen molar-refractivity contribution in [3.63, 3.8) is 0 Å². The molecule has 3 N–H and O–H groups in total. The number of fused-ring (bicyclic) bond motifs is 8. The lowest BCUT2D eigenvalue weighted by Gasteiger charge is -2.06. The van der Waals surface area contributed by atoms with Gasteiger partial charge < -0.3 is 15.1 Å². The molecule has 0 atom stereocenters. The highest BCUT2D eigenvalue weighted by Gasteiger charge is 2.18. The highest BCUT2D eigenvalue weighted by molar-refractivity contribution is 7.14. The number of carboxylic acid groups (broad SMARTS) is 1. The van der Waals surface area contributed by atoms with Crippen molar-refractivity contribution in [2.75, 3.05) is 0 Å². The SMILES string of the molecule is O=C(O)c1ccc(C#Cc2c3nc(c(-c4ccccc4)c4ccc([nH]4)c(-c4ccccc4)c4nc(c(-c5ccccc5)c5ccc2[nH]5)C=C4)C=C3)s1. The number of thiophene rings is 1. The Kier molecular flexibility index (Phi) is 7.77. The lowest BCUT2D eigenvalue weighted by atomic mass is 10.0. The number of hydrogen-bond donors (Lipinski definition) is 3. The molecule has 0 spiro atoms. The van der Waals surface area contributed by atoms with Crippen LogP contribution >= 0.6 is 11.3 Å². The predicted octanol–water partition coefficient (Wildman–Crippen LogP) is 10.8. The fourth-order valence-electron chi connectivity index (χ4n) is 6.71. The predicted molar refractivity (Wildman–Crippen MR) is 212 cm³/mol. The summed E-state index contributed by atoms with van der Waals surface area (Å²) in [7, 11) is 0. The normalized spacial score (nSPS) is 11.7. The van der Waals surface area contributed by atoms with Crippen molar-refractivity contribution >= 4 is 63.7 Å². The molecule has 7 aromatic rings. The van der Waals surface area contributed by atoms with E-state index in [1.165, 1.54) is 0 Å². The van der Waals surface area contributed by atoms with Crippen molar-refractivity contribution in [3.05, 3.63) is 165 Å². The van der Waals surface area contributed by atoms with Gasteiger partial charge in [-0.05, 0) is 77.4 Å². The number of benzene rings is 3. The molecular weight excluding hydrogens is 661 g/mol. The zero-order chi connectivity index (χ0) is 35.0. The van der Waals surface area contributed by atoms with Crippen LogP contribution in [0.5, 0.6) is 0 Å². The van der Waals surface area contributed by atoms with Crippen molar-refractivity contribution in [1.82, 2.24) is 19.9 Å². The third kappa shape index (κ3) is 5.73. The number of aromatic amines is 2. The van der Waals surface area contributed by atoms with Gasteiger partial charge in [-0.3, -0.25) is 0 Å². The van der Waals surface area contributed by atoms with Crippen LogP contribution in [0.1, 0.15) is 42.9 Å². The quantitative estimate of drug-likeness (QED) is 0.160. The summed E-state index contributed by atoms with van der Waals surface area (Å²) in [5.74, 6) is 5.62. The molecular formula is C45H28N4O2S. The van der Waals surface area contributed by atoms with Crippen molar-refractivity contribution in [1.29, 1.82) is 0 Å². The molecule has 0 aliphatic carbocycles. The lowest BCUT2D eigenvalue weighted by Crippen LogP contribution is -1.89. The van der Waals surface area contributed by atoms with Gasteiger partial charge in [0.05, 0.1) is 38.7 Å². The second-order valence-electron chi connectivity index (χ2n) is 12.3. The first-order valence-electron chi connectivity index (χ1n) is 16.8. The maximum absolute atomic E-state index is 11.6. The molecule has 9 rings (SSSR count). The van der Waals surface area contributed by atoms with Crippen LogP contribution in [0, 0.1) is 11.8 Å². The van der Waals surface area contributed by atoms with E-state index in [4.69, 9.17) is 9.97 Å². The molecule has 6 heterocycles. The summed E-state index contributed by atoms with van der Waals surface area (Å²) in [5.41, 5.74) is 13.4. The van der Waals surface area contributed by atoms with Crippen molar-refractivity contribution in [3.8, 4) is 45.2 Å². The van der Waals surface area contributed by atoms with Gasteiger partial charge in [0.2, 0.25) is 0 Å². The van der Waals surface area contributed by atoms with E-state index in [0.717, 1.165) is 83.9 Å². The largest absolute Gasteiger partial charge is 0.477 e. The second kappa shape index (κ2) is 13.0. The number of hydrogen-bond acceptors (Lipinski definition) is 4. The summed E-state index contributed by atoms with van der Waals surface area (Å²) in [6.45, 7) is 0. The topological polar surface area (TPSA) is 94.7 Å². The molecule has 8 bridgehead atoms.